The molecule has 0 atom stereocenters. The average molecular weight is 297 g/mol. The molecule has 0 radical (unpaired) electrons. The van der Waals surface area contributed by atoms with Crippen LogP contribution in [-0.2, 0) is 13.1 Å². The number of nitrogens with zero attached hydrogens (tertiary/aromatic N) is 3. The summed E-state index contributed by atoms with van der Waals surface area (Å²) in [6.07, 6.45) is 6.68. The van der Waals surface area contributed by atoms with E-state index >= 15 is 0 Å². The minimum Gasteiger partial charge on any atom is -0.334 e. The summed E-state index contributed by atoms with van der Waals surface area (Å²) in [6, 6.07) is 10.8. The Morgan fingerprint density at radius 3 is 2.55 bits per heavy atom. The van der Waals surface area contributed by atoms with Crippen LogP contribution < -0.4 is 0 Å². The van der Waals surface area contributed by atoms with Gasteiger partial charge in [0.2, 0.25) is 0 Å². The second-order valence-electron chi connectivity index (χ2n) is 6.80. The van der Waals surface area contributed by atoms with Crippen LogP contribution >= 0.6 is 0 Å². The van der Waals surface area contributed by atoms with Gasteiger partial charge in [0.15, 0.2) is 0 Å². The van der Waals surface area contributed by atoms with Gasteiger partial charge in [0, 0.05) is 31.4 Å². The number of aromatic nitrogens is 2. The molecule has 0 amide bonds. The smallest absolute Gasteiger partial charge is 0.111 e. The summed E-state index contributed by atoms with van der Waals surface area (Å²) in [5, 5.41) is 0. The Hall–Kier alpha value is -1.61. The second-order valence-corrected chi connectivity index (χ2v) is 6.80. The Kier molecular flexibility index (Phi) is 4.94. The molecule has 0 unspecified atom stereocenters. The summed E-state index contributed by atoms with van der Waals surface area (Å²) in [7, 11) is 0. The van der Waals surface area contributed by atoms with Crippen LogP contribution in [-0.4, -0.2) is 27.5 Å². The van der Waals surface area contributed by atoms with Gasteiger partial charge in [0.25, 0.3) is 0 Å². The van der Waals surface area contributed by atoms with Crippen molar-refractivity contribution in [3.05, 3.63) is 54.1 Å². The van der Waals surface area contributed by atoms with Gasteiger partial charge in [-0.05, 0) is 37.4 Å². The number of imidazole rings is 1. The minimum atomic E-state index is 0.508. The third-order valence-electron chi connectivity index (χ3n) is 4.68. The fourth-order valence-corrected chi connectivity index (χ4v) is 3.42. The molecule has 0 bridgehead atoms. The molecule has 118 valence electrons. The molecule has 0 spiro atoms. The summed E-state index contributed by atoms with van der Waals surface area (Å²) in [6.45, 7) is 9.10. The molecule has 1 aliphatic rings. The van der Waals surface area contributed by atoms with Gasteiger partial charge in [-0.15, -0.1) is 0 Å². The highest BCUT2D eigenvalue weighted by atomic mass is 15.1. The normalized spacial score (nSPS) is 17.2. The van der Waals surface area contributed by atoms with Gasteiger partial charge >= 0.3 is 0 Å². The number of piperidine rings is 1. The van der Waals surface area contributed by atoms with Crippen molar-refractivity contribution in [3.8, 4) is 0 Å². The van der Waals surface area contributed by atoms with E-state index in [2.05, 4.69) is 64.8 Å². The van der Waals surface area contributed by atoms with E-state index in [0.717, 1.165) is 19.0 Å². The van der Waals surface area contributed by atoms with E-state index in [4.69, 9.17) is 0 Å². The van der Waals surface area contributed by atoms with E-state index in [0.29, 0.717) is 5.92 Å². The van der Waals surface area contributed by atoms with Crippen molar-refractivity contribution < 1.29 is 0 Å². The lowest BCUT2D eigenvalue weighted by molar-refractivity contribution is 0.166. The predicted octanol–water partition coefficient (Wildman–Crippen LogP) is 3.92. The summed E-state index contributed by atoms with van der Waals surface area (Å²) >= 11 is 0. The van der Waals surface area contributed by atoms with Gasteiger partial charge in [-0.2, -0.15) is 0 Å². The van der Waals surface area contributed by atoms with Crippen LogP contribution in [0.4, 0.5) is 0 Å². The van der Waals surface area contributed by atoms with Crippen LogP contribution in [0.2, 0.25) is 0 Å². The number of rotatable bonds is 5. The zero-order valence-electron chi connectivity index (χ0n) is 13.8. The summed E-state index contributed by atoms with van der Waals surface area (Å²) < 4.78 is 2.36. The molecule has 2 aromatic rings. The van der Waals surface area contributed by atoms with Gasteiger partial charge in [0.1, 0.15) is 5.82 Å². The topological polar surface area (TPSA) is 21.1 Å². The summed E-state index contributed by atoms with van der Waals surface area (Å²) in [4.78, 5) is 7.09. The first kappa shape index (κ1) is 15.3. The molecule has 0 N–H and O–H groups in total. The second kappa shape index (κ2) is 7.10. The first-order valence-electron chi connectivity index (χ1n) is 8.49. The monoisotopic (exact) mass is 297 g/mol. The van der Waals surface area contributed by atoms with E-state index in [1.807, 2.05) is 6.20 Å². The van der Waals surface area contributed by atoms with E-state index in [-0.39, 0.29) is 0 Å². The molecule has 3 rings (SSSR count). The van der Waals surface area contributed by atoms with Crippen LogP contribution in [0.3, 0.4) is 0 Å². The molecule has 0 aliphatic carbocycles. The molecule has 2 heterocycles. The molecule has 22 heavy (non-hydrogen) atoms. The third-order valence-corrected chi connectivity index (χ3v) is 4.68. The first-order chi connectivity index (χ1) is 10.7. The Bertz CT molecular complexity index is 565. The van der Waals surface area contributed by atoms with Crippen molar-refractivity contribution in [1.82, 2.24) is 14.5 Å². The fraction of sp³-hybridized carbons (Fsp3) is 0.526. The van der Waals surface area contributed by atoms with Gasteiger partial charge in [-0.3, -0.25) is 4.90 Å². The first-order valence-corrected chi connectivity index (χ1v) is 8.49. The quantitative estimate of drug-likeness (QED) is 0.834. The van der Waals surface area contributed by atoms with E-state index in [1.165, 1.54) is 37.3 Å². The zero-order chi connectivity index (χ0) is 15.4. The van der Waals surface area contributed by atoms with Crippen LogP contribution in [0.5, 0.6) is 0 Å². The highest BCUT2D eigenvalue weighted by Gasteiger charge is 2.20. The highest BCUT2D eigenvalue weighted by Crippen LogP contribution is 2.22. The Balaban J connectivity index is 1.50. The largest absolute Gasteiger partial charge is 0.334 e. The maximum atomic E-state index is 4.50. The van der Waals surface area contributed by atoms with Crippen molar-refractivity contribution in [2.75, 3.05) is 13.1 Å². The molecule has 1 aromatic carbocycles. The number of likely N-dealkylation sites (tertiary alicyclic amines) is 1. The fourth-order valence-electron chi connectivity index (χ4n) is 3.42. The highest BCUT2D eigenvalue weighted by molar-refractivity contribution is 5.14. The molecule has 1 fully saturated rings. The van der Waals surface area contributed by atoms with E-state index in [9.17, 15) is 0 Å². The van der Waals surface area contributed by atoms with Crippen LogP contribution in [0.25, 0.3) is 0 Å². The zero-order valence-corrected chi connectivity index (χ0v) is 13.8. The Morgan fingerprint density at radius 1 is 1.14 bits per heavy atom. The lowest BCUT2D eigenvalue weighted by atomic mass is 9.96. The lowest BCUT2D eigenvalue weighted by Gasteiger charge is -2.32. The predicted molar refractivity (Wildman–Crippen MR) is 90.8 cm³/mol. The lowest BCUT2D eigenvalue weighted by Crippen LogP contribution is -2.34. The van der Waals surface area contributed by atoms with E-state index < -0.39 is 0 Å². The van der Waals surface area contributed by atoms with Gasteiger partial charge < -0.3 is 4.57 Å². The van der Waals surface area contributed by atoms with Crippen molar-refractivity contribution >= 4 is 0 Å². The van der Waals surface area contributed by atoms with Crippen LogP contribution in [0.15, 0.2) is 42.7 Å². The van der Waals surface area contributed by atoms with Crippen LogP contribution in [0, 0.1) is 5.92 Å². The maximum absolute atomic E-state index is 4.50. The number of benzene rings is 1. The molecule has 1 saturated heterocycles. The Labute approximate surface area is 134 Å². The minimum absolute atomic E-state index is 0.508. The Morgan fingerprint density at radius 2 is 1.86 bits per heavy atom. The molecule has 1 aromatic heterocycles. The van der Waals surface area contributed by atoms with Gasteiger partial charge in [-0.25, -0.2) is 4.98 Å². The molecule has 0 saturated carbocycles. The molecule has 3 heteroatoms. The van der Waals surface area contributed by atoms with Gasteiger partial charge in [0.05, 0.1) is 0 Å². The maximum Gasteiger partial charge on any atom is 0.111 e. The van der Waals surface area contributed by atoms with Gasteiger partial charge in [-0.1, -0.05) is 44.2 Å². The number of hydrogen-bond donors (Lipinski definition) is 0. The molecular weight excluding hydrogens is 270 g/mol. The average Bonchev–Trinajstić information content (AvgIpc) is 2.99. The summed E-state index contributed by atoms with van der Waals surface area (Å²) in [5.41, 5.74) is 1.43. The van der Waals surface area contributed by atoms with Crippen molar-refractivity contribution in [1.29, 1.82) is 0 Å². The molecule has 1 aliphatic heterocycles. The summed E-state index contributed by atoms with van der Waals surface area (Å²) in [5.74, 6) is 2.53. The van der Waals surface area contributed by atoms with E-state index in [1.54, 1.807) is 0 Å². The van der Waals surface area contributed by atoms with Crippen molar-refractivity contribution in [2.45, 2.75) is 45.7 Å². The standard InChI is InChI=1S/C19H27N3/c1-16(2)19-20-10-13-22(19)15-18-8-11-21(12-9-18)14-17-6-4-3-5-7-17/h3-7,10,13,16,18H,8-9,11-12,14-15H2,1-2H3. The van der Waals surface area contributed by atoms with Crippen molar-refractivity contribution in [2.24, 2.45) is 5.92 Å². The number of hydrogen-bond acceptors (Lipinski definition) is 2. The SMILES string of the molecule is CC(C)c1nccn1CC1CCN(Cc2ccccc2)CC1. The third kappa shape index (κ3) is 3.77. The van der Waals surface area contributed by atoms with Crippen LogP contribution in [0.1, 0.15) is 44.0 Å². The molecule has 3 nitrogen and oxygen atoms in total. The molecular formula is C19H27N3. The van der Waals surface area contributed by atoms with Crippen molar-refractivity contribution in [3.63, 3.8) is 0 Å².